The summed E-state index contributed by atoms with van der Waals surface area (Å²) in [7, 11) is 2.32. The Morgan fingerprint density at radius 2 is 2.00 bits per heavy atom. The van der Waals surface area contributed by atoms with Crippen LogP contribution in [0.3, 0.4) is 0 Å². The van der Waals surface area contributed by atoms with Crippen LogP contribution in [0, 0.1) is 11.8 Å². The number of rotatable bonds is 4. The smallest absolute Gasteiger partial charge is 0.262 e. The molecule has 1 aromatic heterocycles. The Kier molecular flexibility index (Phi) is 4.22. The molecule has 1 saturated heterocycles. The number of hydrogen-bond acceptors (Lipinski definition) is 4. The topological polar surface area (TPSA) is 58.4 Å². The van der Waals surface area contributed by atoms with Crippen molar-refractivity contribution in [1.29, 1.82) is 0 Å². The van der Waals surface area contributed by atoms with Crippen LogP contribution in [-0.4, -0.2) is 60.4 Å². The molecule has 0 radical (unpaired) electrons. The van der Waals surface area contributed by atoms with Crippen molar-refractivity contribution >= 4 is 10.0 Å². The minimum absolute atomic E-state index is 0.141. The minimum atomic E-state index is -3.48. The molecule has 7 heteroatoms. The Labute approximate surface area is 121 Å². The first kappa shape index (κ1) is 15.5. The first-order chi connectivity index (χ1) is 9.23. The van der Waals surface area contributed by atoms with Crippen LogP contribution in [-0.2, 0) is 17.1 Å². The molecule has 1 aliphatic heterocycles. The zero-order valence-corrected chi connectivity index (χ0v) is 13.6. The summed E-state index contributed by atoms with van der Waals surface area (Å²) in [4.78, 5) is 6.12. The molecule has 0 spiro atoms. The monoisotopic (exact) mass is 300 g/mol. The third kappa shape index (κ3) is 2.75. The maximum absolute atomic E-state index is 12.6. The van der Waals surface area contributed by atoms with E-state index in [0.717, 1.165) is 0 Å². The highest BCUT2D eigenvalue weighted by Gasteiger charge is 2.42. The summed E-state index contributed by atoms with van der Waals surface area (Å²) in [5.41, 5.74) is 0. The quantitative estimate of drug-likeness (QED) is 0.818. The van der Waals surface area contributed by atoms with Gasteiger partial charge in [-0.1, -0.05) is 13.8 Å². The molecule has 6 nitrogen and oxygen atoms in total. The lowest BCUT2D eigenvalue weighted by molar-refractivity contribution is 0.216. The summed E-state index contributed by atoms with van der Waals surface area (Å²) in [6.07, 6.45) is 3.08. The second-order valence-electron chi connectivity index (χ2n) is 6.14. The van der Waals surface area contributed by atoms with Gasteiger partial charge in [0.25, 0.3) is 10.0 Å². The van der Waals surface area contributed by atoms with Gasteiger partial charge in [0.15, 0.2) is 5.03 Å². The molecule has 2 heterocycles. The van der Waals surface area contributed by atoms with Gasteiger partial charge >= 0.3 is 0 Å². The fourth-order valence-electron chi connectivity index (χ4n) is 2.83. The lowest BCUT2D eigenvalue weighted by Gasteiger charge is -2.27. The van der Waals surface area contributed by atoms with Crippen LogP contribution in [0.4, 0.5) is 0 Å². The first-order valence-corrected chi connectivity index (χ1v) is 8.32. The molecular weight excluding hydrogens is 276 g/mol. The molecule has 0 N–H and O–H groups in total. The number of imidazole rings is 1. The molecule has 0 unspecified atom stereocenters. The van der Waals surface area contributed by atoms with E-state index in [1.165, 1.54) is 6.33 Å². The van der Waals surface area contributed by atoms with E-state index in [-0.39, 0.29) is 11.1 Å². The molecule has 1 aliphatic rings. The molecule has 20 heavy (non-hydrogen) atoms. The van der Waals surface area contributed by atoms with Gasteiger partial charge in [-0.15, -0.1) is 0 Å². The van der Waals surface area contributed by atoms with Gasteiger partial charge < -0.3 is 9.47 Å². The SMILES string of the molecule is CC(C)[C@@H]1CN(S(=O)(=O)c2cn(C)cn2)C[C@H]1N(C)C. The van der Waals surface area contributed by atoms with Crippen molar-refractivity contribution < 1.29 is 8.42 Å². The van der Waals surface area contributed by atoms with Gasteiger partial charge in [-0.25, -0.2) is 13.4 Å². The fourth-order valence-corrected chi connectivity index (χ4v) is 4.29. The Balaban J connectivity index is 2.26. The second-order valence-corrected chi connectivity index (χ2v) is 8.02. The predicted octanol–water partition coefficient (Wildman–Crippen LogP) is 0.627. The molecule has 1 fully saturated rings. The average Bonchev–Trinajstić information content (AvgIpc) is 2.94. The third-order valence-electron chi connectivity index (χ3n) is 4.10. The Hall–Kier alpha value is -0.920. The molecule has 0 amide bonds. The van der Waals surface area contributed by atoms with Crippen LogP contribution >= 0.6 is 0 Å². The number of aromatic nitrogens is 2. The van der Waals surface area contributed by atoms with Crippen molar-refractivity contribution in [1.82, 2.24) is 18.8 Å². The number of aryl methyl sites for hydroxylation is 1. The van der Waals surface area contributed by atoms with Crippen molar-refractivity contribution in [2.24, 2.45) is 18.9 Å². The first-order valence-electron chi connectivity index (χ1n) is 6.88. The summed E-state index contributed by atoms with van der Waals surface area (Å²) >= 11 is 0. The highest BCUT2D eigenvalue weighted by atomic mass is 32.2. The summed E-state index contributed by atoms with van der Waals surface area (Å²) in [5, 5.41) is 0.141. The van der Waals surface area contributed by atoms with Crippen molar-refractivity contribution in [3.05, 3.63) is 12.5 Å². The van der Waals surface area contributed by atoms with E-state index >= 15 is 0 Å². The number of sulfonamides is 1. The van der Waals surface area contributed by atoms with E-state index in [2.05, 4.69) is 23.7 Å². The van der Waals surface area contributed by atoms with Gasteiger partial charge in [-0.05, 0) is 25.9 Å². The number of hydrogen-bond donors (Lipinski definition) is 0. The number of likely N-dealkylation sites (N-methyl/N-ethyl adjacent to an activating group) is 1. The summed E-state index contributed by atoms with van der Waals surface area (Å²) < 4.78 is 28.5. The lowest BCUT2D eigenvalue weighted by atomic mass is 9.91. The summed E-state index contributed by atoms with van der Waals surface area (Å²) in [6, 6.07) is 0.258. The highest BCUT2D eigenvalue weighted by Crippen LogP contribution is 2.30. The van der Waals surface area contributed by atoms with Crippen molar-refractivity contribution in [2.75, 3.05) is 27.2 Å². The van der Waals surface area contributed by atoms with Crippen molar-refractivity contribution in [3.8, 4) is 0 Å². The molecule has 1 aromatic rings. The van der Waals surface area contributed by atoms with E-state index in [4.69, 9.17) is 0 Å². The van der Waals surface area contributed by atoms with Gasteiger partial charge in [0, 0.05) is 32.4 Å². The summed E-state index contributed by atoms with van der Waals surface area (Å²) in [6.45, 7) is 5.41. The fraction of sp³-hybridized carbons (Fsp3) is 0.769. The Morgan fingerprint density at radius 1 is 1.35 bits per heavy atom. The summed E-state index contributed by atoms with van der Waals surface area (Å²) in [5.74, 6) is 0.801. The number of nitrogens with zero attached hydrogens (tertiary/aromatic N) is 4. The molecule has 0 saturated carbocycles. The van der Waals surface area contributed by atoms with E-state index in [9.17, 15) is 8.42 Å². The zero-order valence-electron chi connectivity index (χ0n) is 12.8. The molecule has 2 rings (SSSR count). The largest absolute Gasteiger partial charge is 0.339 e. The van der Waals surface area contributed by atoms with Gasteiger partial charge in [0.05, 0.1) is 6.33 Å². The van der Waals surface area contributed by atoms with Crippen LogP contribution in [0.2, 0.25) is 0 Å². The maximum Gasteiger partial charge on any atom is 0.262 e. The van der Waals surface area contributed by atoms with Crippen LogP contribution in [0.25, 0.3) is 0 Å². The maximum atomic E-state index is 12.6. The van der Waals surface area contributed by atoms with Gasteiger partial charge in [0.2, 0.25) is 0 Å². The minimum Gasteiger partial charge on any atom is -0.339 e. The normalized spacial score (nSPS) is 24.9. The third-order valence-corrected chi connectivity index (χ3v) is 5.82. The van der Waals surface area contributed by atoms with Crippen LogP contribution in [0.1, 0.15) is 13.8 Å². The van der Waals surface area contributed by atoms with E-state index in [1.54, 1.807) is 22.1 Å². The van der Waals surface area contributed by atoms with Gasteiger partial charge in [-0.3, -0.25) is 0 Å². The predicted molar refractivity (Wildman–Crippen MR) is 77.8 cm³/mol. The van der Waals surface area contributed by atoms with Crippen molar-refractivity contribution in [3.63, 3.8) is 0 Å². The van der Waals surface area contributed by atoms with Crippen LogP contribution in [0.15, 0.2) is 17.6 Å². The average molecular weight is 300 g/mol. The molecule has 0 bridgehead atoms. The van der Waals surface area contributed by atoms with E-state index in [1.807, 2.05) is 14.1 Å². The van der Waals surface area contributed by atoms with Gasteiger partial charge in [0.1, 0.15) is 0 Å². The second kappa shape index (κ2) is 5.46. The standard InChI is InChI=1S/C13H24N4O2S/c1-10(2)11-6-17(7-12(11)15(3)4)20(18,19)13-8-16(5)9-14-13/h8-12H,6-7H2,1-5H3/t11-,12+/m0/s1. The van der Waals surface area contributed by atoms with Gasteiger partial charge in [-0.2, -0.15) is 4.31 Å². The van der Waals surface area contributed by atoms with E-state index in [0.29, 0.717) is 24.9 Å². The highest BCUT2D eigenvalue weighted by molar-refractivity contribution is 7.89. The lowest BCUT2D eigenvalue weighted by Crippen LogP contribution is -2.37. The Morgan fingerprint density at radius 3 is 2.40 bits per heavy atom. The van der Waals surface area contributed by atoms with E-state index < -0.39 is 10.0 Å². The van der Waals surface area contributed by atoms with Crippen LogP contribution in [0.5, 0.6) is 0 Å². The Bertz CT molecular complexity index is 549. The molecule has 0 aliphatic carbocycles. The van der Waals surface area contributed by atoms with Crippen molar-refractivity contribution in [2.45, 2.75) is 24.9 Å². The van der Waals surface area contributed by atoms with Crippen LogP contribution < -0.4 is 0 Å². The zero-order chi connectivity index (χ0) is 15.1. The molecular formula is C13H24N4O2S. The molecule has 114 valence electrons. The molecule has 0 aromatic carbocycles. The molecule has 2 atom stereocenters.